The summed E-state index contributed by atoms with van der Waals surface area (Å²) in [5, 5.41) is 3.26. The van der Waals surface area contributed by atoms with Crippen molar-refractivity contribution in [3.05, 3.63) is 56.2 Å². The van der Waals surface area contributed by atoms with Gasteiger partial charge in [-0.1, -0.05) is 11.6 Å². The van der Waals surface area contributed by atoms with E-state index in [1.807, 2.05) is 13.0 Å². The molecule has 5 nitrogen and oxygen atoms in total. The standard InChI is InChI=1S/C16H15ClIN3O2/c1-10-5-6-19-14(7-10)20-15(22)9-21(2)16(23)11-3-4-12(17)13(18)8-11/h3-8H,9H2,1-2H3,(H,19,20,22). The van der Waals surface area contributed by atoms with Crippen LogP contribution >= 0.6 is 34.2 Å². The van der Waals surface area contributed by atoms with Gasteiger partial charge in [0.05, 0.1) is 11.6 Å². The number of aromatic nitrogens is 1. The normalized spacial score (nSPS) is 10.3. The van der Waals surface area contributed by atoms with Gasteiger partial charge in [0, 0.05) is 22.4 Å². The van der Waals surface area contributed by atoms with Crippen molar-refractivity contribution in [3.63, 3.8) is 0 Å². The third kappa shape index (κ3) is 4.90. The number of amides is 2. The summed E-state index contributed by atoms with van der Waals surface area (Å²) in [7, 11) is 1.58. The van der Waals surface area contributed by atoms with Gasteiger partial charge in [0.2, 0.25) is 5.91 Å². The van der Waals surface area contributed by atoms with Crippen LogP contribution in [0.3, 0.4) is 0 Å². The van der Waals surface area contributed by atoms with Crippen molar-refractivity contribution in [2.75, 3.05) is 18.9 Å². The van der Waals surface area contributed by atoms with E-state index in [0.29, 0.717) is 16.4 Å². The molecule has 2 aromatic rings. The van der Waals surface area contributed by atoms with E-state index in [1.54, 1.807) is 37.5 Å². The van der Waals surface area contributed by atoms with Crippen molar-refractivity contribution in [3.8, 4) is 0 Å². The Hall–Kier alpha value is -1.67. The summed E-state index contributed by atoms with van der Waals surface area (Å²) in [4.78, 5) is 29.8. The van der Waals surface area contributed by atoms with Gasteiger partial charge in [-0.25, -0.2) is 4.98 Å². The molecule has 1 aromatic carbocycles. The molecule has 0 aliphatic heterocycles. The smallest absolute Gasteiger partial charge is 0.254 e. The molecular formula is C16H15ClIN3O2. The minimum Gasteiger partial charge on any atom is -0.332 e. The third-order valence-electron chi connectivity index (χ3n) is 3.08. The van der Waals surface area contributed by atoms with Crippen molar-refractivity contribution < 1.29 is 9.59 Å². The summed E-state index contributed by atoms with van der Waals surface area (Å²) >= 11 is 8.01. The molecule has 0 saturated heterocycles. The van der Waals surface area contributed by atoms with Crippen LogP contribution in [0.2, 0.25) is 5.02 Å². The molecule has 0 aliphatic rings. The highest BCUT2D eigenvalue weighted by Gasteiger charge is 2.16. The molecule has 7 heteroatoms. The average molecular weight is 444 g/mol. The fourth-order valence-corrected chi connectivity index (χ4v) is 2.56. The number of rotatable bonds is 4. The van der Waals surface area contributed by atoms with Crippen LogP contribution in [-0.4, -0.2) is 35.3 Å². The van der Waals surface area contributed by atoms with Crippen molar-refractivity contribution >= 4 is 51.8 Å². The Morgan fingerprint density at radius 3 is 2.70 bits per heavy atom. The van der Waals surface area contributed by atoms with E-state index in [0.717, 1.165) is 9.13 Å². The maximum Gasteiger partial charge on any atom is 0.254 e. The number of pyridine rings is 1. The topological polar surface area (TPSA) is 62.3 Å². The van der Waals surface area contributed by atoms with Gasteiger partial charge in [0.25, 0.3) is 5.91 Å². The molecule has 2 rings (SSSR count). The SMILES string of the molecule is Cc1ccnc(NC(=O)CN(C)C(=O)c2ccc(Cl)c(I)c2)c1. The average Bonchev–Trinajstić information content (AvgIpc) is 2.49. The monoisotopic (exact) mass is 443 g/mol. The first-order chi connectivity index (χ1) is 10.9. The molecule has 0 spiro atoms. The van der Waals surface area contributed by atoms with Crippen LogP contribution in [0.5, 0.6) is 0 Å². The molecule has 0 atom stereocenters. The largest absolute Gasteiger partial charge is 0.332 e. The molecule has 0 bridgehead atoms. The van der Waals surface area contributed by atoms with Crippen LogP contribution in [0, 0.1) is 10.5 Å². The second-order valence-corrected chi connectivity index (χ2v) is 6.63. The maximum atomic E-state index is 12.3. The highest BCUT2D eigenvalue weighted by molar-refractivity contribution is 14.1. The minimum absolute atomic E-state index is 0.0618. The Kier molecular flexibility index (Phi) is 5.95. The van der Waals surface area contributed by atoms with Gasteiger partial charge in [0.15, 0.2) is 0 Å². The number of hydrogen-bond acceptors (Lipinski definition) is 3. The van der Waals surface area contributed by atoms with Crippen LogP contribution in [0.1, 0.15) is 15.9 Å². The van der Waals surface area contributed by atoms with Crippen LogP contribution in [0.4, 0.5) is 5.82 Å². The molecule has 0 unspecified atom stereocenters. The molecule has 0 fully saturated rings. The summed E-state index contributed by atoms with van der Waals surface area (Å²) < 4.78 is 0.789. The molecule has 0 radical (unpaired) electrons. The number of aryl methyl sites for hydroxylation is 1. The van der Waals surface area contributed by atoms with E-state index in [4.69, 9.17) is 11.6 Å². The second-order valence-electron chi connectivity index (χ2n) is 5.06. The quantitative estimate of drug-likeness (QED) is 0.737. The predicted molar refractivity (Wildman–Crippen MR) is 98.7 cm³/mol. The predicted octanol–water partition coefficient (Wildman–Crippen LogP) is 3.36. The first-order valence-electron chi connectivity index (χ1n) is 6.80. The molecular weight excluding hydrogens is 429 g/mol. The molecule has 1 N–H and O–H groups in total. The lowest BCUT2D eigenvalue weighted by Crippen LogP contribution is -2.35. The lowest BCUT2D eigenvalue weighted by atomic mass is 10.2. The number of benzene rings is 1. The molecule has 0 saturated carbocycles. The number of halogens is 2. The van der Waals surface area contributed by atoms with Crippen molar-refractivity contribution in [2.45, 2.75) is 6.92 Å². The molecule has 23 heavy (non-hydrogen) atoms. The summed E-state index contributed by atoms with van der Waals surface area (Å²) in [6, 6.07) is 8.61. The van der Waals surface area contributed by atoms with Crippen LogP contribution < -0.4 is 5.32 Å². The summed E-state index contributed by atoms with van der Waals surface area (Å²) in [5.74, 6) is -0.0774. The van der Waals surface area contributed by atoms with Crippen molar-refractivity contribution in [1.29, 1.82) is 0 Å². The van der Waals surface area contributed by atoms with E-state index in [-0.39, 0.29) is 18.4 Å². The molecule has 1 aromatic heterocycles. The molecule has 2 amide bonds. The summed E-state index contributed by atoms with van der Waals surface area (Å²) in [6.45, 7) is 1.85. The van der Waals surface area contributed by atoms with Gasteiger partial charge < -0.3 is 10.2 Å². The first kappa shape index (κ1) is 17.7. The van der Waals surface area contributed by atoms with Crippen LogP contribution in [0.25, 0.3) is 0 Å². The van der Waals surface area contributed by atoms with Crippen molar-refractivity contribution in [1.82, 2.24) is 9.88 Å². The number of likely N-dealkylation sites (N-methyl/N-ethyl adjacent to an activating group) is 1. The van der Waals surface area contributed by atoms with E-state index in [2.05, 4.69) is 32.9 Å². The first-order valence-corrected chi connectivity index (χ1v) is 8.25. The van der Waals surface area contributed by atoms with Gasteiger partial charge >= 0.3 is 0 Å². The minimum atomic E-state index is -0.303. The van der Waals surface area contributed by atoms with Gasteiger partial charge in [-0.2, -0.15) is 0 Å². The summed E-state index contributed by atoms with van der Waals surface area (Å²) in [6.07, 6.45) is 1.62. The number of nitrogens with one attached hydrogen (secondary N) is 1. The van der Waals surface area contributed by atoms with Gasteiger partial charge in [-0.15, -0.1) is 0 Å². The zero-order valence-corrected chi connectivity index (χ0v) is 15.6. The highest BCUT2D eigenvalue weighted by atomic mass is 127. The van der Waals surface area contributed by atoms with E-state index >= 15 is 0 Å². The van der Waals surface area contributed by atoms with E-state index in [9.17, 15) is 9.59 Å². The van der Waals surface area contributed by atoms with Crippen LogP contribution in [0.15, 0.2) is 36.5 Å². The Labute approximate surface area is 153 Å². The molecule has 0 aliphatic carbocycles. The number of anilines is 1. The van der Waals surface area contributed by atoms with Gasteiger partial charge in [0.1, 0.15) is 5.82 Å². The van der Waals surface area contributed by atoms with E-state index < -0.39 is 0 Å². The second kappa shape index (κ2) is 7.74. The lowest BCUT2D eigenvalue weighted by Gasteiger charge is -2.17. The number of carbonyl (C=O) groups is 2. The van der Waals surface area contributed by atoms with Gasteiger partial charge in [-0.05, 0) is 65.4 Å². The zero-order chi connectivity index (χ0) is 17.0. The van der Waals surface area contributed by atoms with Crippen LogP contribution in [-0.2, 0) is 4.79 Å². The lowest BCUT2D eigenvalue weighted by molar-refractivity contribution is -0.116. The molecule has 120 valence electrons. The zero-order valence-electron chi connectivity index (χ0n) is 12.6. The fraction of sp³-hybridized carbons (Fsp3) is 0.188. The third-order valence-corrected chi connectivity index (χ3v) is 4.62. The van der Waals surface area contributed by atoms with E-state index in [1.165, 1.54) is 4.90 Å². The fourth-order valence-electron chi connectivity index (χ4n) is 1.92. The Morgan fingerprint density at radius 2 is 2.04 bits per heavy atom. The highest BCUT2D eigenvalue weighted by Crippen LogP contribution is 2.20. The summed E-state index contributed by atoms with van der Waals surface area (Å²) in [5.41, 5.74) is 1.48. The number of carbonyl (C=O) groups excluding carboxylic acids is 2. The Balaban J connectivity index is 2.00. The Bertz CT molecular complexity index is 752. The number of hydrogen-bond donors (Lipinski definition) is 1. The maximum absolute atomic E-state index is 12.3. The van der Waals surface area contributed by atoms with Gasteiger partial charge in [-0.3, -0.25) is 9.59 Å². The number of nitrogens with zero attached hydrogens (tertiary/aromatic N) is 2. The molecule has 1 heterocycles. The Morgan fingerprint density at radius 1 is 1.30 bits per heavy atom. The van der Waals surface area contributed by atoms with Crippen molar-refractivity contribution in [2.24, 2.45) is 0 Å².